The Balaban J connectivity index is 1.87. The number of aromatic amines is 1. The summed E-state index contributed by atoms with van der Waals surface area (Å²) in [6, 6.07) is 15.1. The minimum absolute atomic E-state index is 0.414. The maximum Gasteiger partial charge on any atom is 0.145 e. The maximum absolute atomic E-state index is 5.99. The third-order valence-corrected chi connectivity index (χ3v) is 3.63. The van der Waals surface area contributed by atoms with E-state index in [1.807, 2.05) is 42.5 Å². The molecule has 3 rings (SSSR count). The molecule has 0 aliphatic heterocycles. The Hall–Kier alpha value is -3.15. The van der Waals surface area contributed by atoms with E-state index in [0.717, 1.165) is 22.6 Å². The second-order valence-corrected chi connectivity index (χ2v) is 5.18. The number of hydrogen-bond acceptors (Lipinski definition) is 5. The first-order valence-electron chi connectivity index (χ1n) is 7.45. The number of rotatable bonds is 6. The molecular formula is C18H19N3O3. The van der Waals surface area contributed by atoms with Crippen molar-refractivity contribution in [2.45, 2.75) is 6.61 Å². The maximum atomic E-state index is 5.99. The number of anilines is 1. The summed E-state index contributed by atoms with van der Waals surface area (Å²) in [4.78, 5) is 0. The quantitative estimate of drug-likeness (QED) is 0.727. The smallest absolute Gasteiger partial charge is 0.145 e. The average Bonchev–Trinajstić information content (AvgIpc) is 3.05. The van der Waals surface area contributed by atoms with Gasteiger partial charge in [0.15, 0.2) is 0 Å². The molecule has 124 valence electrons. The van der Waals surface area contributed by atoms with E-state index < -0.39 is 0 Å². The van der Waals surface area contributed by atoms with Crippen LogP contribution in [0.25, 0.3) is 11.3 Å². The van der Waals surface area contributed by atoms with Crippen LogP contribution in [0.3, 0.4) is 0 Å². The summed E-state index contributed by atoms with van der Waals surface area (Å²) in [5, 5.41) is 6.87. The van der Waals surface area contributed by atoms with Gasteiger partial charge in [-0.3, -0.25) is 5.10 Å². The molecule has 0 aliphatic carbocycles. The first kappa shape index (κ1) is 15.7. The van der Waals surface area contributed by atoms with Gasteiger partial charge >= 0.3 is 0 Å². The number of hydrogen-bond donors (Lipinski definition) is 2. The highest BCUT2D eigenvalue weighted by atomic mass is 16.5. The number of nitrogen functional groups attached to an aromatic ring is 1. The van der Waals surface area contributed by atoms with Crippen LogP contribution in [0.5, 0.6) is 17.2 Å². The Kier molecular flexibility index (Phi) is 4.56. The highest BCUT2D eigenvalue weighted by Gasteiger charge is 2.15. The Morgan fingerprint density at radius 2 is 1.75 bits per heavy atom. The number of aromatic nitrogens is 2. The van der Waals surface area contributed by atoms with Crippen molar-refractivity contribution in [1.29, 1.82) is 0 Å². The fraction of sp³-hybridized carbons (Fsp3) is 0.167. The van der Waals surface area contributed by atoms with E-state index in [4.69, 9.17) is 19.9 Å². The van der Waals surface area contributed by atoms with E-state index in [2.05, 4.69) is 10.2 Å². The molecule has 1 aromatic heterocycles. The SMILES string of the molecule is COc1ccc(COc2cccc(OC)c2-c2cc(N)n[nH]2)cc1. The molecule has 0 saturated heterocycles. The molecule has 3 aromatic rings. The van der Waals surface area contributed by atoms with E-state index in [-0.39, 0.29) is 0 Å². The number of methoxy groups -OCH3 is 2. The van der Waals surface area contributed by atoms with Crippen molar-refractivity contribution in [2.24, 2.45) is 0 Å². The highest BCUT2D eigenvalue weighted by molar-refractivity contribution is 5.75. The van der Waals surface area contributed by atoms with Gasteiger partial charge in [0.1, 0.15) is 29.7 Å². The summed E-state index contributed by atoms with van der Waals surface area (Å²) in [6.45, 7) is 0.424. The summed E-state index contributed by atoms with van der Waals surface area (Å²) in [7, 11) is 3.26. The largest absolute Gasteiger partial charge is 0.497 e. The Morgan fingerprint density at radius 3 is 2.38 bits per heavy atom. The van der Waals surface area contributed by atoms with Crippen LogP contribution in [0.2, 0.25) is 0 Å². The second-order valence-electron chi connectivity index (χ2n) is 5.18. The van der Waals surface area contributed by atoms with Crippen LogP contribution in [-0.2, 0) is 6.61 Å². The zero-order valence-corrected chi connectivity index (χ0v) is 13.6. The molecule has 6 heteroatoms. The Labute approximate surface area is 140 Å². The van der Waals surface area contributed by atoms with Crippen LogP contribution in [0.1, 0.15) is 5.56 Å². The normalized spacial score (nSPS) is 10.4. The highest BCUT2D eigenvalue weighted by Crippen LogP contribution is 2.38. The van der Waals surface area contributed by atoms with Crippen molar-refractivity contribution in [1.82, 2.24) is 10.2 Å². The van der Waals surface area contributed by atoms with Crippen molar-refractivity contribution in [3.63, 3.8) is 0 Å². The van der Waals surface area contributed by atoms with E-state index in [1.165, 1.54) is 0 Å². The van der Waals surface area contributed by atoms with Gasteiger partial charge < -0.3 is 19.9 Å². The summed E-state index contributed by atoms with van der Waals surface area (Å²) in [6.07, 6.45) is 0. The van der Waals surface area contributed by atoms with Gasteiger partial charge in [-0.05, 0) is 29.8 Å². The molecule has 0 spiro atoms. The fourth-order valence-corrected chi connectivity index (χ4v) is 2.41. The summed E-state index contributed by atoms with van der Waals surface area (Å²) < 4.78 is 16.6. The lowest BCUT2D eigenvalue weighted by atomic mass is 10.1. The standard InChI is InChI=1S/C18H19N3O3/c1-22-13-8-6-12(7-9-13)11-24-16-5-3-4-15(23-2)18(16)14-10-17(19)21-20-14/h3-10H,11H2,1-2H3,(H3,19,20,21). The van der Waals surface area contributed by atoms with Gasteiger partial charge in [0.25, 0.3) is 0 Å². The van der Waals surface area contributed by atoms with Gasteiger partial charge in [0, 0.05) is 6.07 Å². The molecule has 3 N–H and O–H groups in total. The number of benzene rings is 2. The molecule has 0 unspecified atom stereocenters. The number of nitrogens with one attached hydrogen (secondary N) is 1. The molecule has 6 nitrogen and oxygen atoms in total. The monoisotopic (exact) mass is 325 g/mol. The minimum Gasteiger partial charge on any atom is -0.497 e. The van der Waals surface area contributed by atoms with Crippen LogP contribution in [-0.4, -0.2) is 24.4 Å². The lowest BCUT2D eigenvalue weighted by Gasteiger charge is -2.14. The minimum atomic E-state index is 0.414. The molecular weight excluding hydrogens is 306 g/mol. The number of ether oxygens (including phenoxy) is 3. The van der Waals surface area contributed by atoms with Crippen LogP contribution < -0.4 is 19.9 Å². The molecule has 0 saturated carbocycles. The molecule has 1 heterocycles. The summed E-state index contributed by atoms with van der Waals surface area (Å²) in [5.41, 5.74) is 8.28. The molecule has 2 aromatic carbocycles. The van der Waals surface area contributed by atoms with Gasteiger partial charge in [-0.15, -0.1) is 0 Å². The van der Waals surface area contributed by atoms with Gasteiger partial charge in [-0.25, -0.2) is 0 Å². The molecule has 24 heavy (non-hydrogen) atoms. The van der Waals surface area contributed by atoms with E-state index in [0.29, 0.717) is 23.9 Å². The first-order valence-corrected chi connectivity index (χ1v) is 7.45. The number of H-pyrrole nitrogens is 1. The molecule has 0 aliphatic rings. The zero-order chi connectivity index (χ0) is 16.9. The van der Waals surface area contributed by atoms with Gasteiger partial charge in [0.05, 0.1) is 25.5 Å². The van der Waals surface area contributed by atoms with Crippen molar-refractivity contribution in [3.8, 4) is 28.5 Å². The average molecular weight is 325 g/mol. The first-order chi connectivity index (χ1) is 11.7. The molecule has 0 amide bonds. The molecule has 0 fully saturated rings. The number of nitrogens with two attached hydrogens (primary N) is 1. The summed E-state index contributed by atoms with van der Waals surface area (Å²) >= 11 is 0. The van der Waals surface area contributed by atoms with Crippen molar-refractivity contribution in [3.05, 3.63) is 54.1 Å². The number of nitrogens with zero attached hydrogens (tertiary/aromatic N) is 1. The van der Waals surface area contributed by atoms with E-state index in [1.54, 1.807) is 20.3 Å². The topological polar surface area (TPSA) is 82.4 Å². The lowest BCUT2D eigenvalue weighted by molar-refractivity contribution is 0.305. The van der Waals surface area contributed by atoms with Gasteiger partial charge in [-0.1, -0.05) is 18.2 Å². The van der Waals surface area contributed by atoms with Crippen LogP contribution in [0.15, 0.2) is 48.5 Å². The molecule has 0 radical (unpaired) electrons. The second kappa shape index (κ2) is 6.95. The van der Waals surface area contributed by atoms with E-state index >= 15 is 0 Å². The Morgan fingerprint density at radius 1 is 1.00 bits per heavy atom. The fourth-order valence-electron chi connectivity index (χ4n) is 2.41. The predicted octanol–water partition coefficient (Wildman–Crippen LogP) is 3.26. The van der Waals surface area contributed by atoms with Crippen molar-refractivity contribution in [2.75, 3.05) is 20.0 Å². The molecule has 0 atom stereocenters. The van der Waals surface area contributed by atoms with Crippen LogP contribution in [0, 0.1) is 0 Å². The van der Waals surface area contributed by atoms with Crippen LogP contribution in [0.4, 0.5) is 5.82 Å². The van der Waals surface area contributed by atoms with Gasteiger partial charge in [0.2, 0.25) is 0 Å². The lowest BCUT2D eigenvalue weighted by Crippen LogP contribution is -1.99. The Bertz CT molecular complexity index is 813. The van der Waals surface area contributed by atoms with Crippen molar-refractivity contribution < 1.29 is 14.2 Å². The van der Waals surface area contributed by atoms with E-state index in [9.17, 15) is 0 Å². The predicted molar refractivity (Wildman–Crippen MR) is 92.3 cm³/mol. The zero-order valence-electron chi connectivity index (χ0n) is 13.6. The van der Waals surface area contributed by atoms with Crippen LogP contribution >= 0.6 is 0 Å². The third kappa shape index (κ3) is 3.27. The molecule has 0 bridgehead atoms. The van der Waals surface area contributed by atoms with Gasteiger partial charge in [-0.2, -0.15) is 5.10 Å². The summed E-state index contributed by atoms with van der Waals surface area (Å²) in [5.74, 6) is 2.60. The van der Waals surface area contributed by atoms with Crippen molar-refractivity contribution >= 4 is 5.82 Å². The third-order valence-electron chi connectivity index (χ3n) is 3.63.